The van der Waals surface area contributed by atoms with Crippen molar-refractivity contribution < 1.29 is 0 Å². The van der Waals surface area contributed by atoms with Gasteiger partial charge in [0.2, 0.25) is 0 Å². The Morgan fingerprint density at radius 2 is 1.29 bits per heavy atom. The molecule has 0 N–H and O–H groups in total. The minimum atomic E-state index is -0.528. The van der Waals surface area contributed by atoms with Crippen molar-refractivity contribution in [2.45, 2.75) is 117 Å². The van der Waals surface area contributed by atoms with Crippen LogP contribution in [0.1, 0.15) is 94.4 Å². The van der Waals surface area contributed by atoms with E-state index in [1.54, 1.807) is 0 Å². The molecule has 3 nitrogen and oxygen atoms in total. The summed E-state index contributed by atoms with van der Waals surface area (Å²) in [6.45, 7) is 21.1. The van der Waals surface area contributed by atoms with Crippen LogP contribution in [-0.2, 0) is 11.1 Å². The summed E-state index contributed by atoms with van der Waals surface area (Å²) in [6, 6.07) is 0. The van der Waals surface area contributed by atoms with Crippen LogP contribution in [0.15, 0.2) is 4.74 Å². The van der Waals surface area contributed by atoms with E-state index in [1.807, 2.05) is 0 Å². The quantitative estimate of drug-likeness (QED) is 0.457. The molecule has 1 aliphatic rings. The van der Waals surface area contributed by atoms with Crippen molar-refractivity contribution in [1.29, 1.82) is 0 Å². The molecule has 0 aliphatic heterocycles. The zero-order valence-electron chi connectivity index (χ0n) is 17.3. The lowest BCUT2D eigenvalue weighted by molar-refractivity contribution is 0.410. The third-order valence-corrected chi connectivity index (χ3v) is 15.9. The van der Waals surface area contributed by atoms with Gasteiger partial charge in [0.1, 0.15) is 0 Å². The average Bonchev–Trinajstić information content (AvgIpc) is 2.33. The van der Waals surface area contributed by atoms with Crippen molar-refractivity contribution in [3.8, 4) is 0 Å². The van der Waals surface area contributed by atoms with Gasteiger partial charge in [0, 0.05) is 8.27 Å². The van der Waals surface area contributed by atoms with Crippen LogP contribution in [0.3, 0.4) is 0 Å². The third kappa shape index (κ3) is 4.99. The van der Waals surface area contributed by atoms with Crippen molar-refractivity contribution in [2.24, 2.45) is 4.74 Å². The van der Waals surface area contributed by atoms with Crippen molar-refractivity contribution in [3.63, 3.8) is 0 Å². The van der Waals surface area contributed by atoms with Crippen molar-refractivity contribution in [2.75, 3.05) is 0 Å². The van der Waals surface area contributed by atoms with E-state index >= 15 is 0 Å². The Labute approximate surface area is 153 Å². The normalized spacial score (nSPS) is 20.2. The van der Waals surface area contributed by atoms with Gasteiger partial charge in [-0.2, -0.15) is 12.9 Å². The topological polar surface area (TPSA) is 22.2 Å². The third-order valence-electron chi connectivity index (χ3n) is 4.19. The zero-order chi connectivity index (χ0) is 18.3. The largest absolute Gasteiger partial charge is 0.277 e. The van der Waals surface area contributed by atoms with Gasteiger partial charge in [0.05, 0.1) is 16.6 Å². The molecular weight excluding hydrogens is 351 g/mol. The highest BCUT2D eigenvalue weighted by molar-refractivity contribution is 8.17. The Balaban J connectivity index is 2.55. The Bertz CT molecular complexity index is 576. The molecule has 1 aromatic rings. The molecule has 1 fully saturated rings. The molecule has 1 saturated carbocycles. The first-order valence-electron chi connectivity index (χ1n) is 9.50. The lowest BCUT2D eigenvalue weighted by Crippen LogP contribution is -2.30. The van der Waals surface area contributed by atoms with Gasteiger partial charge < -0.3 is 0 Å². The molecule has 1 unspecified atom stereocenters. The highest BCUT2D eigenvalue weighted by Crippen LogP contribution is 2.64. The van der Waals surface area contributed by atoms with E-state index in [4.69, 9.17) is 4.74 Å². The zero-order valence-corrected chi connectivity index (χ0v) is 20.1. The van der Waals surface area contributed by atoms with Crippen molar-refractivity contribution >= 4 is 23.5 Å². The molecule has 140 valence electrons. The first-order valence-corrected chi connectivity index (χ1v) is 13.9. The van der Waals surface area contributed by atoms with Crippen LogP contribution in [0.5, 0.6) is 0 Å². The highest BCUT2D eigenvalue weighted by Gasteiger charge is 2.39. The van der Waals surface area contributed by atoms with E-state index in [0.29, 0.717) is 0 Å². The monoisotopic (exact) mass is 390 g/mol. The summed E-state index contributed by atoms with van der Waals surface area (Å²) in [5.74, 6) is 0. The molecule has 0 amide bonds. The number of nitrogens with zero attached hydrogens (tertiary/aromatic N) is 3. The van der Waals surface area contributed by atoms with Gasteiger partial charge in [0.25, 0.3) is 7.64 Å². The summed E-state index contributed by atoms with van der Waals surface area (Å²) >= 11 is 0. The first kappa shape index (κ1) is 20.7. The minimum absolute atomic E-state index is 0.0358. The highest BCUT2D eigenvalue weighted by atomic mass is 32.0. The Morgan fingerprint density at radius 3 is 1.67 bits per heavy atom. The first-order chi connectivity index (χ1) is 10.8. The summed E-state index contributed by atoms with van der Waals surface area (Å²) in [4.78, 5) is 0. The predicted octanol–water partition coefficient (Wildman–Crippen LogP) is 7.94. The van der Waals surface area contributed by atoms with Gasteiger partial charge in [-0.05, 0) is 80.8 Å². The molecule has 1 aromatic heterocycles. The summed E-state index contributed by atoms with van der Waals surface area (Å²) in [5.41, 5.74) is 1.44. The van der Waals surface area contributed by atoms with Crippen LogP contribution in [0.4, 0.5) is 0 Å². The van der Waals surface area contributed by atoms with Gasteiger partial charge >= 0.3 is 0 Å². The van der Waals surface area contributed by atoms with Crippen LogP contribution in [0.2, 0.25) is 0 Å². The number of hydrogen-bond donors (Lipinski definition) is 0. The van der Waals surface area contributed by atoms with E-state index < -0.39 is 7.64 Å². The maximum absolute atomic E-state index is 5.29. The fraction of sp³-hybridized carbons (Fsp3) is 1.00. The molecule has 0 bridgehead atoms. The summed E-state index contributed by atoms with van der Waals surface area (Å²) in [6.07, 6.45) is 7.28. The molecule has 6 heteroatoms. The second kappa shape index (κ2) is 7.21. The van der Waals surface area contributed by atoms with Gasteiger partial charge in [-0.25, -0.2) is 0 Å². The lowest BCUT2D eigenvalue weighted by atomic mass is 10.0. The molecule has 0 saturated heterocycles. The molecule has 0 radical (unpaired) electrons. The van der Waals surface area contributed by atoms with Crippen LogP contribution in [-0.4, -0.2) is 19.4 Å². The second-order valence-electron chi connectivity index (χ2n) is 10.2. The molecule has 0 aromatic carbocycles. The van der Waals surface area contributed by atoms with E-state index in [0.717, 1.165) is 13.9 Å². The lowest BCUT2D eigenvalue weighted by Gasteiger charge is -2.36. The van der Waals surface area contributed by atoms with Gasteiger partial charge in [-0.15, -0.1) is 0 Å². The SMILES string of the molecule is CC(C)(C)N=[p+]1n(C(C)(C)C)p(PC2CCCCC2)n1C(C)(C)C. The Morgan fingerprint density at radius 1 is 0.833 bits per heavy atom. The van der Waals surface area contributed by atoms with Crippen LogP contribution >= 0.6 is 23.5 Å². The molecule has 1 aliphatic carbocycles. The standard InChI is InChI=1S/C18H39N3P3/c1-16(2,3)19-23-20(17(4,5)6)24(21(23)18(7,8)9)22-15-13-11-10-12-14-15/h15,22H,10-14H2,1-9H3/q+1. The Kier molecular flexibility index (Phi) is 6.23. The van der Waals surface area contributed by atoms with E-state index in [1.165, 1.54) is 32.1 Å². The Hall–Kier alpha value is 0.430. The molecular formula is C18H39N3P3+. The van der Waals surface area contributed by atoms with Gasteiger partial charge in [-0.3, -0.25) is 0 Å². The fourth-order valence-corrected chi connectivity index (χ4v) is 16.2. The number of aromatic nitrogens is 2. The number of hydrogen-bond acceptors (Lipinski definition) is 1. The van der Waals surface area contributed by atoms with Crippen LogP contribution < -0.4 is 0 Å². The maximum atomic E-state index is 5.29. The summed E-state index contributed by atoms with van der Waals surface area (Å²) < 4.78 is 10.9. The van der Waals surface area contributed by atoms with E-state index in [2.05, 4.69) is 70.5 Å². The predicted molar refractivity (Wildman–Crippen MR) is 115 cm³/mol. The van der Waals surface area contributed by atoms with E-state index in [-0.39, 0.29) is 24.2 Å². The molecule has 1 heterocycles. The maximum Gasteiger partial charge on any atom is 0.277 e. The van der Waals surface area contributed by atoms with E-state index in [9.17, 15) is 0 Å². The van der Waals surface area contributed by atoms with Crippen molar-refractivity contribution in [3.05, 3.63) is 0 Å². The smallest absolute Gasteiger partial charge is 0.170 e. The van der Waals surface area contributed by atoms with Crippen LogP contribution in [0.25, 0.3) is 0 Å². The van der Waals surface area contributed by atoms with Gasteiger partial charge in [0.15, 0.2) is 7.54 Å². The molecule has 1 atom stereocenters. The van der Waals surface area contributed by atoms with Crippen LogP contribution in [0, 0.1) is 0 Å². The summed E-state index contributed by atoms with van der Waals surface area (Å²) in [5, 5.41) is 0. The molecule has 0 spiro atoms. The summed E-state index contributed by atoms with van der Waals surface area (Å²) in [7, 11) is 0.381. The van der Waals surface area contributed by atoms with Gasteiger partial charge in [-0.1, -0.05) is 19.3 Å². The van der Waals surface area contributed by atoms with Crippen molar-refractivity contribution in [1.82, 2.24) is 8.18 Å². The molecule has 2 rings (SSSR count). The minimum Gasteiger partial charge on any atom is -0.170 e. The molecule has 24 heavy (non-hydrogen) atoms. The average molecular weight is 390 g/mol. The number of rotatable bonds is 2. The second-order valence-corrected chi connectivity index (χ2v) is 16.8. The fourth-order valence-electron chi connectivity index (χ4n) is 3.24.